The maximum absolute atomic E-state index is 13.1. The standard InChI is InChI=1S/C18H26N2O3S/c1-13-5-9-20(10-6-13)24(22,23)17-12-16(11-14(2)15(17)3)18(21)19-7-4-8-19/h11-13H,4-10H2,1-3H3. The van der Waals surface area contributed by atoms with Gasteiger partial charge in [0, 0.05) is 31.7 Å². The quantitative estimate of drug-likeness (QED) is 0.842. The summed E-state index contributed by atoms with van der Waals surface area (Å²) in [4.78, 5) is 14.6. The first-order chi connectivity index (χ1) is 11.3. The van der Waals surface area contributed by atoms with Crippen LogP contribution in [0.1, 0.15) is 47.7 Å². The van der Waals surface area contributed by atoms with Crippen LogP contribution < -0.4 is 0 Å². The highest BCUT2D eigenvalue weighted by Crippen LogP contribution is 2.28. The molecule has 5 nitrogen and oxygen atoms in total. The van der Waals surface area contributed by atoms with Gasteiger partial charge in [0.15, 0.2) is 0 Å². The first kappa shape index (κ1) is 17.4. The molecule has 132 valence electrons. The number of sulfonamides is 1. The van der Waals surface area contributed by atoms with Crippen molar-refractivity contribution in [2.24, 2.45) is 5.92 Å². The van der Waals surface area contributed by atoms with Gasteiger partial charge in [-0.05, 0) is 62.3 Å². The molecule has 1 aromatic carbocycles. The second-order valence-corrected chi connectivity index (χ2v) is 9.05. The fourth-order valence-corrected chi connectivity index (χ4v) is 5.08. The highest BCUT2D eigenvalue weighted by Gasteiger charge is 2.31. The molecule has 6 heteroatoms. The number of benzene rings is 1. The fraction of sp³-hybridized carbons (Fsp3) is 0.611. The zero-order chi connectivity index (χ0) is 17.5. The lowest BCUT2D eigenvalue weighted by molar-refractivity contribution is 0.0651. The lowest BCUT2D eigenvalue weighted by Crippen LogP contribution is -2.42. The maximum atomic E-state index is 13.1. The lowest BCUT2D eigenvalue weighted by atomic mass is 10.0. The second kappa shape index (κ2) is 6.48. The number of nitrogens with zero attached hydrogens (tertiary/aromatic N) is 2. The maximum Gasteiger partial charge on any atom is 0.253 e. The predicted octanol–water partition coefficient (Wildman–Crippen LogP) is 2.57. The van der Waals surface area contributed by atoms with Crippen LogP contribution in [0.4, 0.5) is 0 Å². The molecular formula is C18H26N2O3S. The van der Waals surface area contributed by atoms with Gasteiger partial charge >= 0.3 is 0 Å². The Balaban J connectivity index is 1.96. The van der Waals surface area contributed by atoms with Crippen molar-refractivity contribution in [2.75, 3.05) is 26.2 Å². The molecule has 0 saturated carbocycles. The number of amides is 1. The molecule has 2 aliphatic heterocycles. The van der Waals surface area contributed by atoms with Gasteiger partial charge in [-0.3, -0.25) is 4.79 Å². The Labute approximate surface area is 144 Å². The minimum absolute atomic E-state index is 0.0620. The molecule has 2 fully saturated rings. The molecule has 24 heavy (non-hydrogen) atoms. The number of aryl methyl sites for hydroxylation is 1. The summed E-state index contributed by atoms with van der Waals surface area (Å²) in [5.74, 6) is 0.506. The van der Waals surface area contributed by atoms with Crippen LogP contribution in [0.2, 0.25) is 0 Å². The number of rotatable bonds is 3. The topological polar surface area (TPSA) is 57.7 Å². The highest BCUT2D eigenvalue weighted by atomic mass is 32.2. The van der Waals surface area contributed by atoms with Crippen LogP contribution in [0.3, 0.4) is 0 Å². The molecule has 0 aromatic heterocycles. The van der Waals surface area contributed by atoms with Crippen molar-refractivity contribution in [3.8, 4) is 0 Å². The third-order valence-corrected chi connectivity index (χ3v) is 7.40. The van der Waals surface area contributed by atoms with E-state index in [1.54, 1.807) is 15.3 Å². The lowest BCUT2D eigenvalue weighted by Gasteiger charge is -2.32. The third-order valence-electron chi connectivity index (χ3n) is 5.37. The predicted molar refractivity (Wildman–Crippen MR) is 93.6 cm³/mol. The molecule has 2 saturated heterocycles. The Morgan fingerprint density at radius 1 is 1.08 bits per heavy atom. The van der Waals surface area contributed by atoms with Crippen molar-refractivity contribution in [1.82, 2.24) is 9.21 Å². The molecule has 0 N–H and O–H groups in total. The Hall–Kier alpha value is -1.40. The summed E-state index contributed by atoms with van der Waals surface area (Å²) in [6.45, 7) is 8.51. The van der Waals surface area contributed by atoms with Crippen LogP contribution in [0.15, 0.2) is 17.0 Å². The van der Waals surface area contributed by atoms with Crippen molar-refractivity contribution in [3.05, 3.63) is 28.8 Å². The zero-order valence-electron chi connectivity index (χ0n) is 14.7. The zero-order valence-corrected chi connectivity index (χ0v) is 15.5. The van der Waals surface area contributed by atoms with Gasteiger partial charge in [-0.15, -0.1) is 0 Å². The summed E-state index contributed by atoms with van der Waals surface area (Å²) < 4.78 is 27.8. The summed E-state index contributed by atoms with van der Waals surface area (Å²) in [5.41, 5.74) is 2.08. The number of hydrogen-bond acceptors (Lipinski definition) is 3. The monoisotopic (exact) mass is 350 g/mol. The Morgan fingerprint density at radius 3 is 2.25 bits per heavy atom. The molecule has 2 aliphatic rings. The average molecular weight is 350 g/mol. The number of piperidine rings is 1. The van der Waals surface area contributed by atoms with Crippen LogP contribution in [-0.4, -0.2) is 49.7 Å². The third kappa shape index (κ3) is 3.09. The van der Waals surface area contributed by atoms with Crippen LogP contribution >= 0.6 is 0 Å². The van der Waals surface area contributed by atoms with E-state index < -0.39 is 10.0 Å². The van der Waals surface area contributed by atoms with E-state index in [2.05, 4.69) is 6.92 Å². The van der Waals surface area contributed by atoms with E-state index in [0.29, 0.717) is 29.5 Å². The molecular weight excluding hydrogens is 324 g/mol. The first-order valence-electron chi connectivity index (χ1n) is 8.71. The molecule has 0 radical (unpaired) electrons. The van der Waals surface area contributed by atoms with Gasteiger partial charge in [-0.1, -0.05) is 6.92 Å². The van der Waals surface area contributed by atoms with E-state index in [0.717, 1.165) is 43.5 Å². The van der Waals surface area contributed by atoms with Gasteiger partial charge in [0.2, 0.25) is 10.0 Å². The normalized spacial score (nSPS) is 20.0. The summed E-state index contributed by atoms with van der Waals surface area (Å²) in [6.07, 6.45) is 2.81. The molecule has 0 aliphatic carbocycles. The van der Waals surface area contributed by atoms with E-state index in [4.69, 9.17) is 0 Å². The Kier molecular flexibility index (Phi) is 4.71. The number of likely N-dealkylation sites (tertiary alicyclic amines) is 1. The van der Waals surface area contributed by atoms with Crippen LogP contribution in [0, 0.1) is 19.8 Å². The van der Waals surface area contributed by atoms with Gasteiger partial charge in [-0.25, -0.2) is 8.42 Å². The van der Waals surface area contributed by atoms with Gasteiger partial charge in [0.25, 0.3) is 5.91 Å². The van der Waals surface area contributed by atoms with Gasteiger partial charge in [0.1, 0.15) is 0 Å². The molecule has 1 aromatic rings. The summed E-state index contributed by atoms with van der Waals surface area (Å²) >= 11 is 0. The van der Waals surface area contributed by atoms with Crippen LogP contribution in [0.5, 0.6) is 0 Å². The Morgan fingerprint density at radius 2 is 1.71 bits per heavy atom. The average Bonchev–Trinajstić information content (AvgIpc) is 2.48. The van der Waals surface area contributed by atoms with E-state index in [1.807, 2.05) is 19.9 Å². The number of hydrogen-bond donors (Lipinski definition) is 0. The minimum atomic E-state index is -3.55. The molecule has 1 amide bonds. The minimum Gasteiger partial charge on any atom is -0.339 e. The fourth-order valence-electron chi connectivity index (χ4n) is 3.28. The number of carbonyl (C=O) groups excluding carboxylic acids is 1. The van der Waals surface area contributed by atoms with Crippen LogP contribution in [-0.2, 0) is 10.0 Å². The van der Waals surface area contributed by atoms with Crippen LogP contribution in [0.25, 0.3) is 0 Å². The number of carbonyl (C=O) groups is 1. The molecule has 0 unspecified atom stereocenters. The molecule has 3 rings (SSSR count). The van der Waals surface area contributed by atoms with E-state index >= 15 is 0 Å². The first-order valence-corrected chi connectivity index (χ1v) is 10.2. The van der Waals surface area contributed by atoms with Gasteiger partial charge in [0.05, 0.1) is 4.90 Å². The van der Waals surface area contributed by atoms with Gasteiger partial charge < -0.3 is 4.90 Å². The van der Waals surface area contributed by atoms with Crippen molar-refractivity contribution in [1.29, 1.82) is 0 Å². The Bertz CT molecular complexity index is 746. The summed E-state index contributed by atoms with van der Waals surface area (Å²) in [6, 6.07) is 3.39. The molecule has 0 spiro atoms. The molecule has 0 bridgehead atoms. The van der Waals surface area contributed by atoms with E-state index in [1.165, 1.54) is 0 Å². The van der Waals surface area contributed by atoms with Crippen molar-refractivity contribution in [2.45, 2.75) is 44.9 Å². The molecule has 0 atom stereocenters. The van der Waals surface area contributed by atoms with E-state index in [9.17, 15) is 13.2 Å². The van der Waals surface area contributed by atoms with Crippen molar-refractivity contribution in [3.63, 3.8) is 0 Å². The van der Waals surface area contributed by atoms with Crippen molar-refractivity contribution < 1.29 is 13.2 Å². The SMILES string of the molecule is Cc1cc(C(=O)N2CCC2)cc(S(=O)(=O)N2CCC(C)CC2)c1C. The molecule has 2 heterocycles. The van der Waals surface area contributed by atoms with Gasteiger partial charge in [-0.2, -0.15) is 4.31 Å². The second-order valence-electron chi connectivity index (χ2n) is 7.15. The highest BCUT2D eigenvalue weighted by molar-refractivity contribution is 7.89. The summed E-state index contributed by atoms with van der Waals surface area (Å²) in [5, 5.41) is 0. The smallest absolute Gasteiger partial charge is 0.253 e. The van der Waals surface area contributed by atoms with Crippen molar-refractivity contribution >= 4 is 15.9 Å². The summed E-state index contributed by atoms with van der Waals surface area (Å²) in [7, 11) is -3.55. The largest absolute Gasteiger partial charge is 0.339 e. The van der Waals surface area contributed by atoms with E-state index in [-0.39, 0.29) is 5.91 Å².